The molecule has 2 aromatic carbocycles. The van der Waals surface area contributed by atoms with Gasteiger partial charge >= 0.3 is 0 Å². The van der Waals surface area contributed by atoms with Gasteiger partial charge in [-0.15, -0.1) is 12.4 Å². The Morgan fingerprint density at radius 1 is 1.21 bits per heavy atom. The Kier molecular flexibility index (Phi) is 7.60. The van der Waals surface area contributed by atoms with Crippen molar-refractivity contribution in [1.82, 2.24) is 9.62 Å². The van der Waals surface area contributed by atoms with Gasteiger partial charge in [-0.3, -0.25) is 4.79 Å². The second-order valence-electron chi connectivity index (χ2n) is 6.93. The maximum Gasteiger partial charge on any atom is 0.253 e. The van der Waals surface area contributed by atoms with E-state index in [0.29, 0.717) is 36.7 Å². The normalized spacial score (nSPS) is 16.6. The molecule has 0 bridgehead atoms. The number of sulfonamides is 1. The maximum absolute atomic E-state index is 12.8. The molecule has 1 aliphatic rings. The van der Waals surface area contributed by atoms with Crippen LogP contribution >= 0.6 is 12.4 Å². The van der Waals surface area contributed by atoms with Crippen LogP contribution in [-0.2, 0) is 16.6 Å². The summed E-state index contributed by atoms with van der Waals surface area (Å²) in [5.74, 6) is 0.167. The molecular formula is C20H26ClN3O3S. The number of hydrogen-bond donors (Lipinski definition) is 2. The fourth-order valence-electron chi connectivity index (χ4n) is 3.27. The van der Waals surface area contributed by atoms with E-state index in [2.05, 4.69) is 4.72 Å². The summed E-state index contributed by atoms with van der Waals surface area (Å²) in [5, 5.41) is 0. The summed E-state index contributed by atoms with van der Waals surface area (Å²) in [6.07, 6.45) is 0.887. The molecule has 0 spiro atoms. The van der Waals surface area contributed by atoms with Crippen LogP contribution in [0.1, 0.15) is 27.9 Å². The number of nitrogens with one attached hydrogen (secondary N) is 1. The number of hydrogen-bond acceptors (Lipinski definition) is 4. The number of rotatable bonds is 6. The van der Waals surface area contributed by atoms with Crippen molar-refractivity contribution in [3.05, 3.63) is 65.2 Å². The lowest BCUT2D eigenvalue weighted by Gasteiger charge is -2.17. The fraction of sp³-hybridized carbons (Fsp3) is 0.350. The number of amides is 1. The lowest BCUT2D eigenvalue weighted by atomic mass is 10.1. The van der Waals surface area contributed by atoms with Crippen molar-refractivity contribution in [2.24, 2.45) is 11.7 Å². The molecule has 0 saturated carbocycles. The van der Waals surface area contributed by atoms with Crippen molar-refractivity contribution in [2.45, 2.75) is 24.8 Å². The van der Waals surface area contributed by atoms with Gasteiger partial charge in [-0.2, -0.15) is 0 Å². The third-order valence-electron chi connectivity index (χ3n) is 4.94. The van der Waals surface area contributed by atoms with Crippen LogP contribution in [0.2, 0.25) is 0 Å². The highest BCUT2D eigenvalue weighted by atomic mass is 35.5. The molecule has 1 fully saturated rings. The third kappa shape index (κ3) is 5.11. The predicted molar refractivity (Wildman–Crippen MR) is 112 cm³/mol. The number of nitrogens with zero attached hydrogens (tertiary/aromatic N) is 1. The van der Waals surface area contributed by atoms with Gasteiger partial charge in [0.05, 0.1) is 4.90 Å². The Balaban J connectivity index is 0.00000280. The largest absolute Gasteiger partial charge is 0.338 e. The molecule has 0 aliphatic carbocycles. The Morgan fingerprint density at radius 3 is 2.57 bits per heavy atom. The minimum absolute atomic E-state index is 0. The zero-order chi connectivity index (χ0) is 19.4. The zero-order valence-corrected chi connectivity index (χ0v) is 17.4. The maximum atomic E-state index is 12.8. The zero-order valence-electron chi connectivity index (χ0n) is 15.8. The average Bonchev–Trinajstić information content (AvgIpc) is 3.16. The molecule has 6 nitrogen and oxygen atoms in total. The summed E-state index contributed by atoms with van der Waals surface area (Å²) in [6, 6.07) is 14.2. The van der Waals surface area contributed by atoms with Crippen LogP contribution in [0.15, 0.2) is 53.4 Å². The molecule has 28 heavy (non-hydrogen) atoms. The number of benzene rings is 2. The van der Waals surface area contributed by atoms with E-state index in [1.54, 1.807) is 24.0 Å². The number of likely N-dealkylation sites (tertiary alicyclic amines) is 1. The highest BCUT2D eigenvalue weighted by Gasteiger charge is 2.27. The summed E-state index contributed by atoms with van der Waals surface area (Å²) in [7, 11) is -3.72. The van der Waals surface area contributed by atoms with E-state index in [1.807, 2.05) is 30.3 Å². The number of halogens is 1. The van der Waals surface area contributed by atoms with Crippen LogP contribution in [-0.4, -0.2) is 38.9 Å². The summed E-state index contributed by atoms with van der Waals surface area (Å²) in [6.45, 7) is 3.76. The first kappa shape index (κ1) is 22.4. The Hall–Kier alpha value is -1.93. The Bertz CT molecular complexity index is 920. The van der Waals surface area contributed by atoms with Gasteiger partial charge in [0.15, 0.2) is 0 Å². The molecular weight excluding hydrogens is 398 g/mol. The van der Waals surface area contributed by atoms with Gasteiger partial charge in [-0.25, -0.2) is 13.1 Å². The highest BCUT2D eigenvalue weighted by molar-refractivity contribution is 7.89. The minimum atomic E-state index is -3.72. The number of carbonyl (C=O) groups excluding carboxylic acids is 1. The summed E-state index contributed by atoms with van der Waals surface area (Å²) < 4.78 is 28.2. The Morgan fingerprint density at radius 2 is 1.93 bits per heavy atom. The number of aryl methyl sites for hydroxylation is 1. The van der Waals surface area contributed by atoms with E-state index in [9.17, 15) is 13.2 Å². The third-order valence-corrected chi connectivity index (χ3v) is 6.48. The minimum Gasteiger partial charge on any atom is -0.338 e. The average molecular weight is 424 g/mol. The molecule has 0 radical (unpaired) electrons. The van der Waals surface area contributed by atoms with Crippen molar-refractivity contribution in [3.8, 4) is 0 Å². The van der Waals surface area contributed by atoms with Crippen molar-refractivity contribution in [3.63, 3.8) is 0 Å². The topological polar surface area (TPSA) is 92.5 Å². The standard InChI is InChI=1S/C20H25N3O3S.ClH/c1-15-7-8-18(20(24)23-10-9-17(12-21)14-23)11-19(15)27(25,26)22-13-16-5-3-2-4-6-16;/h2-8,11,17,22H,9-10,12-14,21H2,1H3;1H. The first-order valence-corrected chi connectivity index (χ1v) is 10.5. The molecule has 0 aromatic heterocycles. The van der Waals surface area contributed by atoms with Crippen molar-refractivity contribution >= 4 is 28.3 Å². The SMILES string of the molecule is Cc1ccc(C(=O)N2CCC(CN)C2)cc1S(=O)(=O)NCc1ccccc1.Cl. The molecule has 3 rings (SSSR count). The molecule has 3 N–H and O–H groups in total. The monoisotopic (exact) mass is 423 g/mol. The molecule has 8 heteroatoms. The van der Waals surface area contributed by atoms with E-state index >= 15 is 0 Å². The second kappa shape index (κ2) is 9.52. The van der Waals surface area contributed by atoms with E-state index in [0.717, 1.165) is 12.0 Å². The van der Waals surface area contributed by atoms with Gasteiger partial charge in [0.1, 0.15) is 0 Å². The van der Waals surface area contributed by atoms with Crippen molar-refractivity contribution < 1.29 is 13.2 Å². The smallest absolute Gasteiger partial charge is 0.253 e. The summed E-state index contributed by atoms with van der Waals surface area (Å²) in [4.78, 5) is 14.6. The fourth-order valence-corrected chi connectivity index (χ4v) is 4.55. The highest BCUT2D eigenvalue weighted by Crippen LogP contribution is 2.22. The van der Waals surface area contributed by atoms with E-state index in [-0.39, 0.29) is 29.8 Å². The predicted octanol–water partition coefficient (Wildman–Crippen LogP) is 2.32. The van der Waals surface area contributed by atoms with Gasteiger partial charge in [-0.1, -0.05) is 36.4 Å². The van der Waals surface area contributed by atoms with Crippen LogP contribution in [0.3, 0.4) is 0 Å². The van der Waals surface area contributed by atoms with Crippen LogP contribution in [0.4, 0.5) is 0 Å². The van der Waals surface area contributed by atoms with Gasteiger partial charge in [0.2, 0.25) is 10.0 Å². The van der Waals surface area contributed by atoms with Gasteiger partial charge in [0, 0.05) is 25.2 Å². The lowest BCUT2D eigenvalue weighted by molar-refractivity contribution is 0.0787. The molecule has 1 saturated heterocycles. The molecule has 1 unspecified atom stereocenters. The lowest BCUT2D eigenvalue weighted by Crippen LogP contribution is -2.30. The van der Waals surface area contributed by atoms with Crippen molar-refractivity contribution in [2.75, 3.05) is 19.6 Å². The van der Waals surface area contributed by atoms with Crippen LogP contribution in [0, 0.1) is 12.8 Å². The number of carbonyl (C=O) groups is 1. The molecule has 1 amide bonds. The van der Waals surface area contributed by atoms with Crippen molar-refractivity contribution in [1.29, 1.82) is 0 Å². The van der Waals surface area contributed by atoms with Crippen LogP contribution in [0.5, 0.6) is 0 Å². The molecule has 1 atom stereocenters. The van der Waals surface area contributed by atoms with E-state index < -0.39 is 10.0 Å². The van der Waals surface area contributed by atoms with Gasteiger partial charge in [0.25, 0.3) is 5.91 Å². The van der Waals surface area contributed by atoms with Gasteiger partial charge in [-0.05, 0) is 49.1 Å². The van der Waals surface area contributed by atoms with Crippen LogP contribution in [0.25, 0.3) is 0 Å². The number of nitrogens with two attached hydrogens (primary N) is 1. The van der Waals surface area contributed by atoms with E-state index in [1.165, 1.54) is 6.07 Å². The summed E-state index contributed by atoms with van der Waals surface area (Å²) in [5.41, 5.74) is 7.56. The first-order valence-electron chi connectivity index (χ1n) is 9.04. The first-order chi connectivity index (χ1) is 12.9. The van der Waals surface area contributed by atoms with Crippen LogP contribution < -0.4 is 10.5 Å². The second-order valence-corrected chi connectivity index (χ2v) is 8.67. The van der Waals surface area contributed by atoms with Gasteiger partial charge < -0.3 is 10.6 Å². The molecule has 2 aromatic rings. The molecule has 1 aliphatic heterocycles. The summed E-state index contributed by atoms with van der Waals surface area (Å²) >= 11 is 0. The van der Waals surface area contributed by atoms with E-state index in [4.69, 9.17) is 5.73 Å². The quantitative estimate of drug-likeness (QED) is 0.745. The molecule has 1 heterocycles. The Labute approximate surface area is 172 Å². The molecule has 152 valence electrons.